The summed E-state index contributed by atoms with van der Waals surface area (Å²) in [5, 5.41) is 3.43. The maximum absolute atomic E-state index is 6.19. The molecule has 0 radical (unpaired) electrons. The molecule has 1 aliphatic carbocycles. The Labute approximate surface area is 105 Å². The highest BCUT2D eigenvalue weighted by molar-refractivity contribution is 4.88. The van der Waals surface area contributed by atoms with Gasteiger partial charge in [0.1, 0.15) is 0 Å². The van der Waals surface area contributed by atoms with Crippen LogP contribution in [0.5, 0.6) is 0 Å². The average molecular weight is 241 g/mol. The van der Waals surface area contributed by atoms with Crippen LogP contribution < -0.4 is 5.32 Å². The standard InChI is InChI=1S/C14H27NO2/c1-10-6-11(2)14(13(7-10)15-3)17-9-12-4-5-16-8-12/h10-15H,4-9H2,1-3H3. The summed E-state index contributed by atoms with van der Waals surface area (Å²) in [5.74, 6) is 2.11. The first kappa shape index (κ1) is 13.3. The van der Waals surface area contributed by atoms with Gasteiger partial charge in [-0.2, -0.15) is 0 Å². The lowest BCUT2D eigenvalue weighted by atomic mass is 9.78. The van der Waals surface area contributed by atoms with E-state index in [-0.39, 0.29) is 0 Å². The van der Waals surface area contributed by atoms with E-state index >= 15 is 0 Å². The SMILES string of the molecule is CNC1CC(C)CC(C)C1OCC1CCOC1. The minimum atomic E-state index is 0.386. The molecule has 1 saturated carbocycles. The van der Waals surface area contributed by atoms with Crippen molar-refractivity contribution in [3.8, 4) is 0 Å². The van der Waals surface area contributed by atoms with Crippen LogP contribution >= 0.6 is 0 Å². The van der Waals surface area contributed by atoms with Crippen LogP contribution in [-0.4, -0.2) is 39.0 Å². The van der Waals surface area contributed by atoms with Crippen LogP contribution in [0.3, 0.4) is 0 Å². The predicted molar refractivity (Wildman–Crippen MR) is 69.1 cm³/mol. The van der Waals surface area contributed by atoms with Crippen LogP contribution in [0.15, 0.2) is 0 Å². The first-order chi connectivity index (χ1) is 8.20. The molecule has 0 aromatic rings. The van der Waals surface area contributed by atoms with Gasteiger partial charge in [-0.05, 0) is 38.1 Å². The quantitative estimate of drug-likeness (QED) is 0.817. The maximum atomic E-state index is 6.19. The van der Waals surface area contributed by atoms with Crippen molar-refractivity contribution in [1.29, 1.82) is 0 Å². The van der Waals surface area contributed by atoms with Crippen LogP contribution in [0.25, 0.3) is 0 Å². The van der Waals surface area contributed by atoms with Crippen LogP contribution in [-0.2, 0) is 9.47 Å². The Morgan fingerprint density at radius 1 is 1.29 bits per heavy atom. The maximum Gasteiger partial charge on any atom is 0.0753 e. The molecule has 1 N–H and O–H groups in total. The van der Waals surface area contributed by atoms with E-state index in [1.54, 1.807) is 0 Å². The van der Waals surface area contributed by atoms with Crippen molar-refractivity contribution in [1.82, 2.24) is 5.32 Å². The van der Waals surface area contributed by atoms with Crippen LogP contribution in [0.1, 0.15) is 33.1 Å². The van der Waals surface area contributed by atoms with Crippen LogP contribution in [0.4, 0.5) is 0 Å². The summed E-state index contributed by atoms with van der Waals surface area (Å²) in [4.78, 5) is 0. The second-order valence-corrected chi connectivity index (χ2v) is 5.98. The number of ether oxygens (including phenoxy) is 2. The summed E-state index contributed by atoms with van der Waals surface area (Å²) in [6.45, 7) is 7.36. The second-order valence-electron chi connectivity index (χ2n) is 5.98. The molecule has 1 aliphatic heterocycles. The molecule has 0 amide bonds. The van der Waals surface area contributed by atoms with Gasteiger partial charge in [0.2, 0.25) is 0 Å². The molecule has 100 valence electrons. The molecule has 5 atom stereocenters. The molecule has 0 aromatic heterocycles. The minimum Gasteiger partial charge on any atom is -0.381 e. The lowest BCUT2D eigenvalue weighted by molar-refractivity contribution is -0.0498. The third-order valence-corrected chi connectivity index (χ3v) is 4.31. The predicted octanol–water partition coefficient (Wildman–Crippen LogP) is 2.06. The molecule has 17 heavy (non-hydrogen) atoms. The van der Waals surface area contributed by atoms with Gasteiger partial charge in [0.25, 0.3) is 0 Å². The van der Waals surface area contributed by atoms with E-state index in [9.17, 15) is 0 Å². The van der Waals surface area contributed by atoms with E-state index in [1.165, 1.54) is 19.3 Å². The molecular weight excluding hydrogens is 214 g/mol. The van der Waals surface area contributed by atoms with Crippen molar-refractivity contribution in [3.05, 3.63) is 0 Å². The Morgan fingerprint density at radius 2 is 2.12 bits per heavy atom. The van der Waals surface area contributed by atoms with Gasteiger partial charge in [0.15, 0.2) is 0 Å². The Bertz CT molecular complexity index is 228. The van der Waals surface area contributed by atoms with E-state index in [0.29, 0.717) is 24.0 Å². The number of nitrogens with one attached hydrogen (secondary N) is 1. The zero-order chi connectivity index (χ0) is 12.3. The molecule has 2 rings (SSSR count). The molecule has 1 heterocycles. The van der Waals surface area contributed by atoms with E-state index < -0.39 is 0 Å². The largest absolute Gasteiger partial charge is 0.381 e. The fourth-order valence-corrected chi connectivity index (χ4v) is 3.35. The zero-order valence-electron chi connectivity index (χ0n) is 11.4. The molecule has 2 fully saturated rings. The summed E-state index contributed by atoms with van der Waals surface area (Å²) in [7, 11) is 2.06. The molecule has 2 aliphatic rings. The van der Waals surface area contributed by atoms with Crippen molar-refractivity contribution in [2.45, 2.75) is 45.3 Å². The van der Waals surface area contributed by atoms with E-state index in [0.717, 1.165) is 25.7 Å². The molecule has 1 saturated heterocycles. The Hall–Kier alpha value is -0.120. The first-order valence-corrected chi connectivity index (χ1v) is 7.07. The molecule has 3 heteroatoms. The highest BCUT2D eigenvalue weighted by Gasteiger charge is 2.34. The number of rotatable bonds is 4. The summed E-state index contributed by atoms with van der Waals surface area (Å²) in [5.41, 5.74) is 0. The van der Waals surface area contributed by atoms with E-state index in [4.69, 9.17) is 9.47 Å². The van der Waals surface area contributed by atoms with Gasteiger partial charge in [-0.1, -0.05) is 13.8 Å². The smallest absolute Gasteiger partial charge is 0.0753 e. The van der Waals surface area contributed by atoms with Crippen LogP contribution in [0, 0.1) is 17.8 Å². The van der Waals surface area contributed by atoms with E-state index in [2.05, 4.69) is 26.2 Å². The monoisotopic (exact) mass is 241 g/mol. The van der Waals surface area contributed by atoms with Crippen molar-refractivity contribution < 1.29 is 9.47 Å². The summed E-state index contributed by atoms with van der Waals surface area (Å²) in [6, 6.07) is 0.524. The molecule has 0 bridgehead atoms. The second kappa shape index (κ2) is 6.17. The average Bonchev–Trinajstić information content (AvgIpc) is 2.79. The number of likely N-dealkylation sites (N-methyl/N-ethyl adjacent to an activating group) is 1. The van der Waals surface area contributed by atoms with Crippen LogP contribution in [0.2, 0.25) is 0 Å². The molecule has 5 unspecified atom stereocenters. The van der Waals surface area contributed by atoms with Crippen molar-refractivity contribution >= 4 is 0 Å². The molecule has 0 spiro atoms. The zero-order valence-corrected chi connectivity index (χ0v) is 11.4. The van der Waals surface area contributed by atoms with Gasteiger partial charge in [0, 0.05) is 18.6 Å². The van der Waals surface area contributed by atoms with Crippen molar-refractivity contribution in [2.24, 2.45) is 17.8 Å². The van der Waals surface area contributed by atoms with Gasteiger partial charge in [-0.15, -0.1) is 0 Å². The summed E-state index contributed by atoms with van der Waals surface area (Å²) in [6.07, 6.45) is 4.09. The molecular formula is C14H27NO2. The summed E-state index contributed by atoms with van der Waals surface area (Å²) < 4.78 is 11.6. The van der Waals surface area contributed by atoms with Gasteiger partial charge < -0.3 is 14.8 Å². The normalized spacial score (nSPS) is 42.9. The lowest BCUT2D eigenvalue weighted by Gasteiger charge is -2.39. The van der Waals surface area contributed by atoms with Gasteiger partial charge in [-0.3, -0.25) is 0 Å². The highest BCUT2D eigenvalue weighted by Crippen LogP contribution is 2.31. The fourth-order valence-electron chi connectivity index (χ4n) is 3.35. The van der Waals surface area contributed by atoms with Gasteiger partial charge in [0.05, 0.1) is 19.3 Å². The van der Waals surface area contributed by atoms with Gasteiger partial charge >= 0.3 is 0 Å². The number of hydrogen-bond acceptors (Lipinski definition) is 3. The molecule has 3 nitrogen and oxygen atoms in total. The topological polar surface area (TPSA) is 30.5 Å². The summed E-state index contributed by atoms with van der Waals surface area (Å²) >= 11 is 0. The Morgan fingerprint density at radius 3 is 2.76 bits per heavy atom. The Balaban J connectivity index is 1.83. The molecule has 0 aromatic carbocycles. The first-order valence-electron chi connectivity index (χ1n) is 7.07. The van der Waals surface area contributed by atoms with E-state index in [1.807, 2.05) is 0 Å². The minimum absolute atomic E-state index is 0.386. The fraction of sp³-hybridized carbons (Fsp3) is 1.00. The lowest BCUT2D eigenvalue weighted by Crippen LogP contribution is -2.48. The Kier molecular flexibility index (Phi) is 4.83. The third-order valence-electron chi connectivity index (χ3n) is 4.31. The number of hydrogen-bond donors (Lipinski definition) is 1. The van der Waals surface area contributed by atoms with Crippen molar-refractivity contribution in [2.75, 3.05) is 26.9 Å². The van der Waals surface area contributed by atoms with Gasteiger partial charge in [-0.25, -0.2) is 0 Å². The van der Waals surface area contributed by atoms with Crippen molar-refractivity contribution in [3.63, 3.8) is 0 Å². The highest BCUT2D eigenvalue weighted by atomic mass is 16.5. The third kappa shape index (κ3) is 3.43.